The average Bonchev–Trinajstić information content (AvgIpc) is 2.90. The molecular weight excluding hydrogens is 264 g/mol. The molecule has 0 atom stereocenters. The van der Waals surface area contributed by atoms with Gasteiger partial charge in [-0.05, 0) is 24.3 Å². The maximum absolute atomic E-state index is 12.1. The summed E-state index contributed by atoms with van der Waals surface area (Å²) in [6, 6.07) is 5.32. The van der Waals surface area contributed by atoms with Crippen LogP contribution in [0.5, 0.6) is 0 Å². The van der Waals surface area contributed by atoms with Gasteiger partial charge in [0.05, 0.1) is 5.56 Å². The van der Waals surface area contributed by atoms with E-state index in [2.05, 4.69) is 32.0 Å². The predicted octanol–water partition coefficient (Wildman–Crippen LogP) is 0.838. The molecule has 2 rings (SSSR count). The van der Waals surface area contributed by atoms with Crippen molar-refractivity contribution in [3.05, 3.63) is 34.9 Å². The van der Waals surface area contributed by atoms with Crippen LogP contribution in [-0.4, -0.2) is 32.4 Å². The standard InChI is InChI=1S/C12H10N4O2S/c1-8-4-5-9(3-2-6-17)10(7-8)11(18)13-12-14-15-16-19-12/h4-5,7,17H,6H2,1H3,(H,13,14,16,18). The summed E-state index contributed by atoms with van der Waals surface area (Å²) in [7, 11) is 0. The third-order valence-corrected chi connectivity index (χ3v) is 2.75. The van der Waals surface area contributed by atoms with Crippen molar-refractivity contribution in [2.75, 3.05) is 11.9 Å². The van der Waals surface area contributed by atoms with Crippen LogP contribution in [0.15, 0.2) is 18.2 Å². The fourth-order valence-electron chi connectivity index (χ4n) is 1.44. The van der Waals surface area contributed by atoms with Crippen molar-refractivity contribution in [2.24, 2.45) is 0 Å². The molecule has 0 bridgehead atoms. The summed E-state index contributed by atoms with van der Waals surface area (Å²) in [4.78, 5) is 12.1. The molecule has 0 aliphatic carbocycles. The van der Waals surface area contributed by atoms with E-state index >= 15 is 0 Å². The molecule has 6 nitrogen and oxygen atoms in total. The minimum Gasteiger partial charge on any atom is -0.384 e. The molecular formula is C12H10N4O2S. The molecule has 0 radical (unpaired) electrons. The van der Waals surface area contributed by atoms with Crippen molar-refractivity contribution in [3.63, 3.8) is 0 Å². The number of aliphatic hydroxyl groups is 1. The van der Waals surface area contributed by atoms with Crippen LogP contribution < -0.4 is 5.32 Å². The Labute approximate surface area is 113 Å². The Bertz CT molecular complexity index is 643. The summed E-state index contributed by atoms with van der Waals surface area (Å²) in [5.74, 6) is 4.94. The lowest BCUT2D eigenvalue weighted by Crippen LogP contribution is -2.13. The number of carbonyl (C=O) groups is 1. The zero-order valence-corrected chi connectivity index (χ0v) is 10.9. The molecule has 96 valence electrons. The van der Waals surface area contributed by atoms with Gasteiger partial charge >= 0.3 is 0 Å². The first-order valence-corrected chi connectivity index (χ1v) is 6.15. The van der Waals surface area contributed by atoms with E-state index in [0.717, 1.165) is 17.1 Å². The molecule has 0 saturated carbocycles. The zero-order valence-electron chi connectivity index (χ0n) is 10.0. The van der Waals surface area contributed by atoms with Gasteiger partial charge in [0.1, 0.15) is 6.61 Å². The van der Waals surface area contributed by atoms with E-state index in [1.165, 1.54) is 0 Å². The molecule has 1 aromatic carbocycles. The second kappa shape index (κ2) is 6.04. The maximum Gasteiger partial charge on any atom is 0.258 e. The van der Waals surface area contributed by atoms with Crippen LogP contribution in [0.3, 0.4) is 0 Å². The number of anilines is 1. The number of aromatic nitrogens is 3. The van der Waals surface area contributed by atoms with E-state index in [1.807, 2.05) is 13.0 Å². The first-order valence-electron chi connectivity index (χ1n) is 5.37. The minimum absolute atomic E-state index is 0.255. The van der Waals surface area contributed by atoms with Crippen LogP contribution in [0.4, 0.5) is 5.13 Å². The van der Waals surface area contributed by atoms with Crippen LogP contribution in [0, 0.1) is 18.8 Å². The van der Waals surface area contributed by atoms with E-state index in [0.29, 0.717) is 16.3 Å². The van der Waals surface area contributed by atoms with Gasteiger partial charge in [0, 0.05) is 17.1 Å². The summed E-state index contributed by atoms with van der Waals surface area (Å²) in [6.45, 7) is 1.63. The van der Waals surface area contributed by atoms with Crippen LogP contribution >= 0.6 is 11.5 Å². The molecule has 19 heavy (non-hydrogen) atoms. The number of nitrogens with one attached hydrogen (secondary N) is 1. The highest BCUT2D eigenvalue weighted by molar-refractivity contribution is 7.09. The molecule has 1 aromatic heterocycles. The van der Waals surface area contributed by atoms with Gasteiger partial charge in [0.25, 0.3) is 5.91 Å². The fraction of sp³-hybridized carbons (Fsp3) is 0.167. The molecule has 2 N–H and O–H groups in total. The average molecular weight is 274 g/mol. The fourth-order valence-corrected chi connectivity index (χ4v) is 1.80. The lowest BCUT2D eigenvalue weighted by molar-refractivity contribution is 0.102. The molecule has 2 aromatic rings. The largest absolute Gasteiger partial charge is 0.384 e. The highest BCUT2D eigenvalue weighted by Gasteiger charge is 2.12. The van der Waals surface area contributed by atoms with E-state index in [9.17, 15) is 4.79 Å². The number of hydrogen-bond acceptors (Lipinski definition) is 6. The smallest absolute Gasteiger partial charge is 0.258 e. The summed E-state index contributed by atoms with van der Waals surface area (Å²) in [6.07, 6.45) is 0. The molecule has 7 heteroatoms. The molecule has 1 heterocycles. The lowest BCUT2D eigenvalue weighted by atomic mass is 10.0. The Morgan fingerprint density at radius 3 is 3.05 bits per heavy atom. The second-order valence-electron chi connectivity index (χ2n) is 3.63. The quantitative estimate of drug-likeness (QED) is 0.792. The predicted molar refractivity (Wildman–Crippen MR) is 70.8 cm³/mol. The molecule has 0 aliphatic rings. The van der Waals surface area contributed by atoms with Gasteiger partial charge in [-0.3, -0.25) is 10.1 Å². The third-order valence-electron chi connectivity index (χ3n) is 2.24. The number of aryl methyl sites for hydroxylation is 1. The first-order chi connectivity index (χ1) is 9.20. The highest BCUT2D eigenvalue weighted by Crippen LogP contribution is 2.14. The number of aliphatic hydroxyl groups excluding tert-OH is 1. The van der Waals surface area contributed by atoms with Crippen LogP contribution in [-0.2, 0) is 0 Å². The Hall–Kier alpha value is -2.30. The molecule has 0 fully saturated rings. The number of hydrogen-bond donors (Lipinski definition) is 2. The van der Waals surface area contributed by atoms with Gasteiger partial charge in [-0.2, -0.15) is 0 Å². The van der Waals surface area contributed by atoms with E-state index in [4.69, 9.17) is 5.11 Å². The molecule has 1 amide bonds. The zero-order chi connectivity index (χ0) is 13.7. The van der Waals surface area contributed by atoms with Gasteiger partial charge in [-0.25, -0.2) is 0 Å². The van der Waals surface area contributed by atoms with Gasteiger partial charge in [0.15, 0.2) is 0 Å². The normalized spacial score (nSPS) is 9.58. The maximum atomic E-state index is 12.1. The number of amides is 1. The third kappa shape index (κ3) is 3.34. The van der Waals surface area contributed by atoms with Gasteiger partial charge in [0.2, 0.25) is 5.13 Å². The van der Waals surface area contributed by atoms with E-state index < -0.39 is 0 Å². The lowest BCUT2D eigenvalue weighted by Gasteiger charge is -2.05. The van der Waals surface area contributed by atoms with Crippen molar-refractivity contribution < 1.29 is 9.90 Å². The Morgan fingerprint density at radius 1 is 1.53 bits per heavy atom. The summed E-state index contributed by atoms with van der Waals surface area (Å²) in [5, 5.41) is 18.7. The summed E-state index contributed by atoms with van der Waals surface area (Å²) >= 11 is 0.994. The summed E-state index contributed by atoms with van der Waals surface area (Å²) in [5.41, 5.74) is 1.92. The van der Waals surface area contributed by atoms with Crippen molar-refractivity contribution in [1.29, 1.82) is 0 Å². The number of rotatable bonds is 2. The van der Waals surface area contributed by atoms with Gasteiger partial charge < -0.3 is 5.11 Å². The van der Waals surface area contributed by atoms with Crippen molar-refractivity contribution >= 4 is 22.6 Å². The molecule has 0 unspecified atom stereocenters. The topological polar surface area (TPSA) is 88.0 Å². The SMILES string of the molecule is Cc1ccc(C#CCO)c(C(=O)Nc2nnns2)c1. The highest BCUT2D eigenvalue weighted by atomic mass is 32.1. The molecule has 0 saturated heterocycles. The van der Waals surface area contributed by atoms with Crippen molar-refractivity contribution in [1.82, 2.24) is 14.8 Å². The first kappa shape index (κ1) is 13.1. The molecule has 0 aliphatic heterocycles. The van der Waals surface area contributed by atoms with Crippen LogP contribution in [0.1, 0.15) is 21.5 Å². The monoisotopic (exact) mass is 274 g/mol. The van der Waals surface area contributed by atoms with Gasteiger partial charge in [-0.15, -0.1) is 0 Å². The number of benzene rings is 1. The number of nitrogens with zero attached hydrogens (tertiary/aromatic N) is 3. The van der Waals surface area contributed by atoms with Crippen molar-refractivity contribution in [2.45, 2.75) is 6.92 Å². The van der Waals surface area contributed by atoms with E-state index in [1.54, 1.807) is 12.1 Å². The van der Waals surface area contributed by atoms with E-state index in [-0.39, 0.29) is 12.5 Å². The van der Waals surface area contributed by atoms with Crippen molar-refractivity contribution in [3.8, 4) is 11.8 Å². The van der Waals surface area contributed by atoms with Crippen LogP contribution in [0.2, 0.25) is 0 Å². The van der Waals surface area contributed by atoms with Gasteiger partial charge in [-0.1, -0.05) is 33.1 Å². The molecule has 0 spiro atoms. The summed E-state index contributed by atoms with van der Waals surface area (Å²) < 4.78 is 3.56. The Kier molecular flexibility index (Phi) is 4.18. The Balaban J connectivity index is 2.31. The minimum atomic E-state index is -0.329. The Morgan fingerprint density at radius 2 is 2.37 bits per heavy atom. The number of carbonyl (C=O) groups excluding carboxylic acids is 1. The van der Waals surface area contributed by atoms with Crippen LogP contribution in [0.25, 0.3) is 0 Å². The second-order valence-corrected chi connectivity index (χ2v) is 4.36.